The fourth-order valence-electron chi connectivity index (χ4n) is 5.13. The molecule has 0 aliphatic heterocycles. The predicted molar refractivity (Wildman–Crippen MR) is 109 cm³/mol. The molecule has 5 rings (SSSR count). The summed E-state index contributed by atoms with van der Waals surface area (Å²) in [6.07, 6.45) is 0.351. The van der Waals surface area contributed by atoms with Crippen molar-refractivity contribution in [2.24, 2.45) is 0 Å². The summed E-state index contributed by atoms with van der Waals surface area (Å²) in [6, 6.07) is 23.6. The Balaban J connectivity index is 1.60. The molecule has 0 N–H and O–H groups in total. The van der Waals surface area contributed by atoms with Crippen molar-refractivity contribution in [3.05, 3.63) is 101 Å². The van der Waals surface area contributed by atoms with E-state index in [2.05, 4.69) is 36.4 Å². The minimum atomic E-state index is -3.85. The van der Waals surface area contributed by atoms with E-state index in [-0.39, 0.29) is 4.90 Å². The molecular weight excluding hydrogens is 368 g/mol. The SMILES string of the molecule is Cc1ccc(S(=O)(=O)OC(C)C23CC(c4ccccc42)c2ccccc23)cc1. The summed E-state index contributed by atoms with van der Waals surface area (Å²) in [5, 5.41) is 0. The Hall–Kier alpha value is -2.43. The summed E-state index contributed by atoms with van der Waals surface area (Å²) in [7, 11) is -3.85. The van der Waals surface area contributed by atoms with Gasteiger partial charge < -0.3 is 0 Å². The van der Waals surface area contributed by atoms with Gasteiger partial charge in [0.15, 0.2) is 0 Å². The molecule has 2 aliphatic carbocycles. The first-order valence-electron chi connectivity index (χ1n) is 9.62. The van der Waals surface area contributed by atoms with Gasteiger partial charge in [-0.15, -0.1) is 0 Å². The number of aryl methyl sites for hydroxylation is 1. The Morgan fingerprint density at radius 3 is 2.00 bits per heavy atom. The maximum Gasteiger partial charge on any atom is 0.297 e. The molecule has 0 aromatic heterocycles. The Bertz CT molecular complexity index is 1110. The summed E-state index contributed by atoms with van der Waals surface area (Å²) in [5.74, 6) is 0.306. The van der Waals surface area contributed by atoms with Crippen LogP contribution in [0.2, 0.25) is 0 Å². The van der Waals surface area contributed by atoms with E-state index in [9.17, 15) is 8.42 Å². The molecule has 0 spiro atoms. The second kappa shape index (κ2) is 6.03. The molecule has 3 aromatic rings. The summed E-state index contributed by atoms with van der Waals surface area (Å²) in [4.78, 5) is 0.204. The van der Waals surface area contributed by atoms with Crippen LogP contribution in [0.4, 0.5) is 0 Å². The maximum absolute atomic E-state index is 13.0. The highest BCUT2D eigenvalue weighted by Crippen LogP contribution is 2.62. The van der Waals surface area contributed by atoms with Crippen LogP contribution in [0.5, 0.6) is 0 Å². The van der Waals surface area contributed by atoms with Gasteiger partial charge in [-0.05, 0) is 54.7 Å². The molecule has 1 unspecified atom stereocenters. The van der Waals surface area contributed by atoms with Crippen LogP contribution in [-0.2, 0) is 19.7 Å². The second-order valence-electron chi connectivity index (χ2n) is 7.91. The zero-order chi connectivity index (χ0) is 19.5. The summed E-state index contributed by atoms with van der Waals surface area (Å²) < 4.78 is 31.8. The zero-order valence-electron chi connectivity index (χ0n) is 15.9. The van der Waals surface area contributed by atoms with Crippen LogP contribution in [0.15, 0.2) is 77.7 Å². The fourth-order valence-corrected chi connectivity index (χ4v) is 6.25. The van der Waals surface area contributed by atoms with E-state index in [1.807, 2.05) is 26.0 Å². The maximum atomic E-state index is 13.0. The van der Waals surface area contributed by atoms with Gasteiger partial charge in [-0.3, -0.25) is 4.18 Å². The minimum absolute atomic E-state index is 0.204. The van der Waals surface area contributed by atoms with E-state index in [4.69, 9.17) is 4.18 Å². The number of rotatable bonds is 4. The quantitative estimate of drug-likeness (QED) is 0.594. The second-order valence-corrected chi connectivity index (χ2v) is 9.48. The van der Waals surface area contributed by atoms with Gasteiger partial charge in [-0.25, -0.2) is 0 Å². The highest BCUT2D eigenvalue weighted by atomic mass is 32.2. The first kappa shape index (κ1) is 17.7. The normalized spacial score (nSPS) is 23.3. The third-order valence-corrected chi connectivity index (χ3v) is 7.83. The van der Waals surface area contributed by atoms with E-state index >= 15 is 0 Å². The van der Waals surface area contributed by atoms with Crippen LogP contribution in [0.25, 0.3) is 0 Å². The third-order valence-electron chi connectivity index (χ3n) is 6.43. The molecule has 0 heterocycles. The van der Waals surface area contributed by atoms with Crippen LogP contribution in [0, 0.1) is 6.92 Å². The molecule has 1 atom stereocenters. The van der Waals surface area contributed by atoms with Gasteiger partial charge in [-0.2, -0.15) is 8.42 Å². The van der Waals surface area contributed by atoms with Gasteiger partial charge in [0.1, 0.15) is 0 Å². The van der Waals surface area contributed by atoms with E-state index in [1.54, 1.807) is 24.3 Å². The van der Waals surface area contributed by atoms with Crippen molar-refractivity contribution in [3.8, 4) is 0 Å². The van der Waals surface area contributed by atoms with Crippen LogP contribution in [0.3, 0.4) is 0 Å². The number of hydrogen-bond acceptors (Lipinski definition) is 3. The van der Waals surface area contributed by atoms with Gasteiger partial charge in [0, 0.05) is 11.3 Å². The van der Waals surface area contributed by atoms with Gasteiger partial charge in [-0.1, -0.05) is 66.2 Å². The van der Waals surface area contributed by atoms with E-state index in [0.29, 0.717) is 5.92 Å². The summed E-state index contributed by atoms with van der Waals surface area (Å²) in [5.41, 5.74) is 5.57. The average molecular weight is 391 g/mol. The molecule has 3 aromatic carbocycles. The lowest BCUT2D eigenvalue weighted by molar-refractivity contribution is 0.156. The van der Waals surface area contributed by atoms with Gasteiger partial charge in [0.25, 0.3) is 10.1 Å². The van der Waals surface area contributed by atoms with E-state index < -0.39 is 21.6 Å². The van der Waals surface area contributed by atoms with Crippen molar-refractivity contribution in [3.63, 3.8) is 0 Å². The van der Waals surface area contributed by atoms with Crippen molar-refractivity contribution in [2.75, 3.05) is 0 Å². The molecule has 2 aliphatic rings. The fraction of sp³-hybridized carbons (Fsp3) is 0.250. The lowest BCUT2D eigenvalue weighted by atomic mass is 9.72. The van der Waals surface area contributed by atoms with E-state index in [1.165, 1.54) is 22.3 Å². The molecule has 28 heavy (non-hydrogen) atoms. The molecular formula is C24H22O3S. The highest BCUT2D eigenvalue weighted by molar-refractivity contribution is 7.86. The van der Waals surface area contributed by atoms with E-state index in [0.717, 1.165) is 12.0 Å². The summed E-state index contributed by atoms with van der Waals surface area (Å²) in [6.45, 7) is 3.83. The average Bonchev–Trinajstić information content (AvgIpc) is 3.22. The molecule has 4 heteroatoms. The standard InChI is InChI=1S/C24H22O3S/c1-16-11-13-18(14-12-16)28(25,26)27-17(2)24-15-21(19-7-3-5-9-22(19)24)20-8-4-6-10-23(20)24/h3-14,17,21H,15H2,1-2H3. The van der Waals surface area contributed by atoms with Crippen molar-refractivity contribution in [2.45, 2.75) is 42.6 Å². The number of benzene rings is 3. The van der Waals surface area contributed by atoms with Crippen LogP contribution < -0.4 is 0 Å². The predicted octanol–water partition coefficient (Wildman–Crippen LogP) is 4.92. The molecule has 0 amide bonds. The lowest BCUT2D eigenvalue weighted by Crippen LogP contribution is -2.39. The lowest BCUT2D eigenvalue weighted by Gasteiger charge is -2.36. The first-order chi connectivity index (χ1) is 13.4. The van der Waals surface area contributed by atoms with Crippen LogP contribution in [-0.4, -0.2) is 14.5 Å². The van der Waals surface area contributed by atoms with Gasteiger partial charge in [0.2, 0.25) is 0 Å². The minimum Gasteiger partial charge on any atom is -0.262 e. The Morgan fingerprint density at radius 2 is 1.43 bits per heavy atom. The Kier molecular flexibility index (Phi) is 3.80. The Morgan fingerprint density at radius 1 is 0.893 bits per heavy atom. The van der Waals surface area contributed by atoms with Crippen molar-refractivity contribution in [1.82, 2.24) is 0 Å². The third kappa shape index (κ3) is 2.34. The van der Waals surface area contributed by atoms with Crippen molar-refractivity contribution >= 4 is 10.1 Å². The van der Waals surface area contributed by atoms with Crippen molar-refractivity contribution < 1.29 is 12.6 Å². The molecule has 0 saturated carbocycles. The monoisotopic (exact) mass is 390 g/mol. The van der Waals surface area contributed by atoms with Gasteiger partial charge >= 0.3 is 0 Å². The molecule has 0 radical (unpaired) electrons. The Labute approximate surface area is 166 Å². The largest absolute Gasteiger partial charge is 0.297 e. The molecule has 0 fully saturated rings. The first-order valence-corrected chi connectivity index (χ1v) is 11.0. The number of fused-ring (bicyclic) bond motifs is 8. The molecule has 2 bridgehead atoms. The number of hydrogen-bond donors (Lipinski definition) is 0. The smallest absolute Gasteiger partial charge is 0.262 e. The van der Waals surface area contributed by atoms with Gasteiger partial charge in [0.05, 0.1) is 11.0 Å². The van der Waals surface area contributed by atoms with Crippen molar-refractivity contribution in [1.29, 1.82) is 0 Å². The van der Waals surface area contributed by atoms with Crippen LogP contribution in [0.1, 0.15) is 47.1 Å². The molecule has 0 saturated heterocycles. The topological polar surface area (TPSA) is 43.4 Å². The highest BCUT2D eigenvalue weighted by Gasteiger charge is 2.56. The van der Waals surface area contributed by atoms with Crippen LogP contribution >= 0.6 is 0 Å². The zero-order valence-corrected chi connectivity index (χ0v) is 16.7. The molecule has 3 nitrogen and oxygen atoms in total. The molecule has 142 valence electrons. The summed E-state index contributed by atoms with van der Waals surface area (Å²) >= 11 is 0.